The molecule has 0 aliphatic heterocycles. The van der Waals surface area contributed by atoms with Crippen LogP contribution in [-0.4, -0.2) is 12.6 Å². The van der Waals surface area contributed by atoms with Crippen molar-refractivity contribution in [3.8, 4) is 0 Å². The third kappa shape index (κ3) is 5.03. The second-order valence-electron chi connectivity index (χ2n) is 4.30. The first-order chi connectivity index (χ1) is 8.27. The summed E-state index contributed by atoms with van der Waals surface area (Å²) in [4.78, 5) is 11.4. The summed E-state index contributed by atoms with van der Waals surface area (Å²) in [6, 6.07) is 10.2. The normalized spacial score (nSPS) is 12.1. The maximum absolute atomic E-state index is 11.4. The van der Waals surface area contributed by atoms with E-state index in [1.54, 1.807) is 0 Å². The molecule has 0 radical (unpaired) electrons. The van der Waals surface area contributed by atoms with Crippen LogP contribution >= 0.6 is 0 Å². The van der Waals surface area contributed by atoms with E-state index < -0.39 is 0 Å². The molecule has 1 unspecified atom stereocenters. The third-order valence-electron chi connectivity index (χ3n) is 2.94. The monoisotopic (exact) mass is 234 g/mol. The van der Waals surface area contributed by atoms with Crippen LogP contribution in [0.2, 0.25) is 0 Å². The highest BCUT2D eigenvalue weighted by molar-refractivity contribution is 5.69. The van der Waals surface area contributed by atoms with Crippen molar-refractivity contribution >= 4 is 5.97 Å². The van der Waals surface area contributed by atoms with Crippen LogP contribution < -0.4 is 0 Å². The Labute approximate surface area is 104 Å². The number of esters is 1. The summed E-state index contributed by atoms with van der Waals surface area (Å²) in [5.41, 5.74) is 1.25. The van der Waals surface area contributed by atoms with Crippen molar-refractivity contribution in [1.82, 2.24) is 0 Å². The number of ether oxygens (including phenoxy) is 1. The summed E-state index contributed by atoms with van der Waals surface area (Å²) in [5, 5.41) is 0. The van der Waals surface area contributed by atoms with Crippen molar-refractivity contribution in [2.24, 2.45) is 0 Å². The Balaban J connectivity index is 2.40. The molecule has 0 saturated carbocycles. The molecule has 1 atom stereocenters. The highest BCUT2D eigenvalue weighted by Gasteiger charge is 2.11. The minimum atomic E-state index is -0.0683. The van der Waals surface area contributed by atoms with Gasteiger partial charge in [0.15, 0.2) is 0 Å². The summed E-state index contributed by atoms with van der Waals surface area (Å²) in [5.74, 6) is 0.253. The van der Waals surface area contributed by atoms with Crippen LogP contribution in [-0.2, 0) is 9.53 Å². The average Bonchev–Trinajstić information content (AvgIpc) is 2.38. The number of rotatable bonds is 7. The minimum Gasteiger partial charge on any atom is -0.465 e. The molecule has 0 amide bonds. The van der Waals surface area contributed by atoms with E-state index in [2.05, 4.69) is 26.0 Å². The lowest BCUT2D eigenvalue weighted by Gasteiger charge is -2.15. The fourth-order valence-electron chi connectivity index (χ4n) is 1.76. The third-order valence-corrected chi connectivity index (χ3v) is 2.94. The Morgan fingerprint density at radius 1 is 1.24 bits per heavy atom. The summed E-state index contributed by atoms with van der Waals surface area (Å²) in [6.45, 7) is 4.70. The van der Waals surface area contributed by atoms with Gasteiger partial charge in [-0.05, 0) is 18.4 Å². The van der Waals surface area contributed by atoms with Crippen molar-refractivity contribution in [2.45, 2.75) is 45.4 Å². The van der Waals surface area contributed by atoms with Gasteiger partial charge in [-0.2, -0.15) is 0 Å². The smallest absolute Gasteiger partial charge is 0.305 e. The zero-order valence-corrected chi connectivity index (χ0v) is 10.8. The van der Waals surface area contributed by atoms with Gasteiger partial charge in [0.05, 0.1) is 6.61 Å². The minimum absolute atomic E-state index is 0.0683. The largest absolute Gasteiger partial charge is 0.465 e. The molecule has 0 aromatic heterocycles. The van der Waals surface area contributed by atoms with Crippen LogP contribution in [0.4, 0.5) is 0 Å². The Kier molecular flexibility index (Phi) is 6.38. The van der Waals surface area contributed by atoms with E-state index >= 15 is 0 Å². The van der Waals surface area contributed by atoms with E-state index in [1.165, 1.54) is 5.56 Å². The summed E-state index contributed by atoms with van der Waals surface area (Å²) >= 11 is 0. The van der Waals surface area contributed by atoms with Crippen molar-refractivity contribution in [3.63, 3.8) is 0 Å². The second-order valence-corrected chi connectivity index (χ2v) is 4.30. The lowest BCUT2D eigenvalue weighted by atomic mass is 9.98. The van der Waals surface area contributed by atoms with Gasteiger partial charge in [-0.3, -0.25) is 4.79 Å². The molecule has 2 nitrogen and oxygen atoms in total. The molecule has 0 bridgehead atoms. The highest BCUT2D eigenvalue weighted by Crippen LogP contribution is 2.19. The molecule has 2 heteroatoms. The number of carbonyl (C=O) groups excluding carboxylic acids is 1. The maximum atomic E-state index is 11.4. The van der Waals surface area contributed by atoms with Gasteiger partial charge in [-0.25, -0.2) is 0 Å². The molecule has 0 aliphatic rings. The molecule has 1 aromatic carbocycles. The summed E-state index contributed by atoms with van der Waals surface area (Å²) in [7, 11) is 0. The summed E-state index contributed by atoms with van der Waals surface area (Å²) < 4.78 is 5.31. The van der Waals surface area contributed by atoms with Crippen molar-refractivity contribution in [2.75, 3.05) is 6.61 Å². The van der Waals surface area contributed by atoms with Crippen LogP contribution in [0.15, 0.2) is 30.3 Å². The lowest BCUT2D eigenvalue weighted by molar-refractivity contribution is -0.144. The predicted octanol–water partition coefficient (Wildman–Crippen LogP) is 3.91. The molecule has 0 spiro atoms. The second kappa shape index (κ2) is 7.88. The first-order valence-electron chi connectivity index (χ1n) is 6.48. The van der Waals surface area contributed by atoms with E-state index in [4.69, 9.17) is 4.74 Å². The number of carbonyl (C=O) groups is 1. The Hall–Kier alpha value is -1.31. The molecule has 0 heterocycles. The van der Waals surface area contributed by atoms with Gasteiger partial charge in [-0.1, -0.05) is 50.6 Å². The molecular weight excluding hydrogens is 212 g/mol. The van der Waals surface area contributed by atoms with E-state index in [0.717, 1.165) is 19.3 Å². The SMILES string of the molecule is CCCCC(=O)OCC(CC)c1ccccc1. The molecule has 1 aromatic rings. The Morgan fingerprint density at radius 3 is 2.53 bits per heavy atom. The predicted molar refractivity (Wildman–Crippen MR) is 70.0 cm³/mol. The molecule has 0 fully saturated rings. The van der Waals surface area contributed by atoms with Crippen molar-refractivity contribution in [1.29, 1.82) is 0 Å². The zero-order chi connectivity index (χ0) is 12.5. The zero-order valence-electron chi connectivity index (χ0n) is 10.8. The molecule has 0 saturated heterocycles. The van der Waals surface area contributed by atoms with E-state index in [1.807, 2.05) is 18.2 Å². The van der Waals surface area contributed by atoms with Crippen LogP contribution in [0.1, 0.15) is 51.0 Å². The van der Waals surface area contributed by atoms with Gasteiger partial charge in [0.1, 0.15) is 0 Å². The molecule has 0 N–H and O–H groups in total. The number of benzene rings is 1. The standard InChI is InChI=1S/C15H22O2/c1-3-5-11-15(16)17-12-13(4-2)14-9-7-6-8-10-14/h6-10,13H,3-5,11-12H2,1-2H3. The Morgan fingerprint density at radius 2 is 1.94 bits per heavy atom. The highest BCUT2D eigenvalue weighted by atomic mass is 16.5. The van der Waals surface area contributed by atoms with Crippen LogP contribution in [0.25, 0.3) is 0 Å². The summed E-state index contributed by atoms with van der Waals surface area (Å²) in [6.07, 6.45) is 3.48. The fraction of sp³-hybridized carbons (Fsp3) is 0.533. The average molecular weight is 234 g/mol. The van der Waals surface area contributed by atoms with Crippen LogP contribution in [0.3, 0.4) is 0 Å². The fourth-order valence-corrected chi connectivity index (χ4v) is 1.76. The van der Waals surface area contributed by atoms with E-state index in [0.29, 0.717) is 18.9 Å². The quantitative estimate of drug-likeness (QED) is 0.668. The van der Waals surface area contributed by atoms with Gasteiger partial charge >= 0.3 is 5.97 Å². The van der Waals surface area contributed by atoms with E-state index in [9.17, 15) is 4.79 Å². The maximum Gasteiger partial charge on any atom is 0.305 e. The number of hydrogen-bond donors (Lipinski definition) is 0. The topological polar surface area (TPSA) is 26.3 Å². The van der Waals surface area contributed by atoms with Gasteiger partial charge in [-0.15, -0.1) is 0 Å². The molecule has 1 rings (SSSR count). The molecule has 0 aliphatic carbocycles. The van der Waals surface area contributed by atoms with Gasteiger partial charge in [0.2, 0.25) is 0 Å². The lowest BCUT2D eigenvalue weighted by Crippen LogP contribution is -2.12. The van der Waals surface area contributed by atoms with Crippen LogP contribution in [0, 0.1) is 0 Å². The van der Waals surface area contributed by atoms with E-state index in [-0.39, 0.29) is 5.97 Å². The van der Waals surface area contributed by atoms with Crippen LogP contribution in [0.5, 0.6) is 0 Å². The first-order valence-corrected chi connectivity index (χ1v) is 6.48. The number of hydrogen-bond acceptors (Lipinski definition) is 2. The Bertz CT molecular complexity index is 319. The van der Waals surface area contributed by atoms with Gasteiger partial charge < -0.3 is 4.74 Å². The molecular formula is C15H22O2. The number of unbranched alkanes of at least 4 members (excludes halogenated alkanes) is 1. The molecule has 17 heavy (non-hydrogen) atoms. The first kappa shape index (κ1) is 13.8. The van der Waals surface area contributed by atoms with Gasteiger partial charge in [0.25, 0.3) is 0 Å². The van der Waals surface area contributed by atoms with Crippen molar-refractivity contribution in [3.05, 3.63) is 35.9 Å². The van der Waals surface area contributed by atoms with Gasteiger partial charge in [0, 0.05) is 12.3 Å². The van der Waals surface area contributed by atoms with Crippen molar-refractivity contribution < 1.29 is 9.53 Å². The molecule has 94 valence electrons.